The number of nitrogens with zero attached hydrogens (tertiary/aromatic N) is 1. The molecule has 1 amide bonds. The number of rotatable bonds is 9. The highest BCUT2D eigenvalue weighted by Crippen LogP contribution is 2.43. The molecule has 2 aromatic rings. The van der Waals surface area contributed by atoms with E-state index in [2.05, 4.69) is 24.1 Å². The van der Waals surface area contributed by atoms with Crippen LogP contribution in [-0.2, 0) is 14.8 Å². The molecule has 0 radical (unpaired) electrons. The summed E-state index contributed by atoms with van der Waals surface area (Å²) in [7, 11) is -0.948. The minimum atomic E-state index is -4.04. The van der Waals surface area contributed by atoms with E-state index in [-0.39, 0.29) is 21.7 Å². The van der Waals surface area contributed by atoms with Gasteiger partial charge in [-0.15, -0.1) is 0 Å². The highest BCUT2D eigenvalue weighted by Gasteiger charge is 2.36. The number of nitrogens with one attached hydrogen (secondary N) is 1. The minimum absolute atomic E-state index is 0.0213. The van der Waals surface area contributed by atoms with Gasteiger partial charge in [0, 0.05) is 0 Å². The number of carbonyl (C=O) groups is 1. The number of carbonyl (C=O) groups excluding carboxylic acids is 1. The Hall–Kier alpha value is -2.33. The maximum absolute atomic E-state index is 13.3. The Morgan fingerprint density at radius 1 is 1.06 bits per heavy atom. The number of nitrogens with two attached hydrogens (primary N) is 1. The molecule has 8 nitrogen and oxygen atoms in total. The first kappa shape index (κ1) is 25.3. The molecule has 1 aliphatic heterocycles. The van der Waals surface area contributed by atoms with Crippen LogP contribution in [0.5, 0.6) is 11.5 Å². The largest absolute Gasteiger partial charge is 0.493 e. The average molecular weight is 496 g/mol. The van der Waals surface area contributed by atoms with Gasteiger partial charge in [-0.2, -0.15) is 0 Å². The minimum Gasteiger partial charge on any atom is -0.493 e. The Morgan fingerprint density at radius 3 is 2.21 bits per heavy atom. The second-order valence-corrected chi connectivity index (χ2v) is 9.82. The Balaban J connectivity index is 2.13. The Kier molecular flexibility index (Phi) is 7.89. The number of hydrogen-bond acceptors (Lipinski definition) is 6. The molecule has 33 heavy (non-hydrogen) atoms. The maximum atomic E-state index is 13.3. The molecule has 3 rings (SSSR count). The third kappa shape index (κ3) is 5.27. The molecular formula is C23H30ClN3O5S. The third-order valence-corrected chi connectivity index (χ3v) is 7.49. The smallest absolute Gasteiger partial charge is 0.239 e. The van der Waals surface area contributed by atoms with Crippen molar-refractivity contribution in [1.29, 1.82) is 0 Å². The van der Waals surface area contributed by atoms with Crippen LogP contribution in [0.2, 0.25) is 5.02 Å². The predicted octanol–water partition coefficient (Wildman–Crippen LogP) is 3.04. The van der Waals surface area contributed by atoms with Crippen LogP contribution in [0, 0.1) is 0 Å². The van der Waals surface area contributed by atoms with Crippen LogP contribution in [0.1, 0.15) is 48.9 Å². The van der Waals surface area contributed by atoms with Crippen molar-refractivity contribution >= 4 is 27.5 Å². The van der Waals surface area contributed by atoms with E-state index in [1.807, 2.05) is 12.1 Å². The number of ether oxygens (including phenoxy) is 2. The number of benzene rings is 2. The molecule has 0 aromatic heterocycles. The molecule has 0 fully saturated rings. The van der Waals surface area contributed by atoms with Gasteiger partial charge in [0.05, 0.1) is 31.2 Å². The number of halogens is 1. The van der Waals surface area contributed by atoms with Crippen LogP contribution >= 0.6 is 11.6 Å². The Labute approximate surface area is 200 Å². The third-order valence-electron chi connectivity index (χ3n) is 6.10. The SMILES string of the molecule is CCN(CC)CCC1C(=O)NC(c2ccc(Cl)c(S(N)(=O)=O)c2)c2cc(OC)c(OC)cc21. The number of fused-ring (bicyclic) bond motifs is 1. The van der Waals surface area contributed by atoms with Gasteiger partial charge in [-0.25, -0.2) is 13.6 Å². The lowest BCUT2D eigenvalue weighted by Crippen LogP contribution is -2.40. The summed E-state index contributed by atoms with van der Waals surface area (Å²) in [6.07, 6.45) is 0.631. The summed E-state index contributed by atoms with van der Waals surface area (Å²) < 4.78 is 35.0. The molecule has 1 heterocycles. The number of sulfonamides is 1. The summed E-state index contributed by atoms with van der Waals surface area (Å²) in [5, 5.41) is 8.41. The Bertz CT molecular complexity index is 1140. The van der Waals surface area contributed by atoms with E-state index in [9.17, 15) is 13.2 Å². The van der Waals surface area contributed by atoms with Gasteiger partial charge in [0.2, 0.25) is 15.9 Å². The zero-order chi connectivity index (χ0) is 24.3. The van der Waals surface area contributed by atoms with Crippen LogP contribution in [0.4, 0.5) is 0 Å². The lowest BCUT2D eigenvalue weighted by Gasteiger charge is -2.34. The van der Waals surface area contributed by atoms with Gasteiger partial charge in [0.1, 0.15) is 4.90 Å². The van der Waals surface area contributed by atoms with E-state index in [4.69, 9.17) is 26.2 Å². The quantitative estimate of drug-likeness (QED) is 0.553. The van der Waals surface area contributed by atoms with Crippen molar-refractivity contribution in [3.8, 4) is 11.5 Å². The molecule has 1 aliphatic rings. The summed E-state index contributed by atoms with van der Waals surface area (Å²) in [5.74, 6) is 0.514. The van der Waals surface area contributed by atoms with Crippen LogP contribution in [0.25, 0.3) is 0 Å². The topological polar surface area (TPSA) is 111 Å². The predicted molar refractivity (Wildman–Crippen MR) is 128 cm³/mol. The zero-order valence-electron chi connectivity index (χ0n) is 19.2. The van der Waals surface area contributed by atoms with E-state index < -0.39 is 16.1 Å². The normalized spacial score (nSPS) is 18.1. The van der Waals surface area contributed by atoms with E-state index in [0.29, 0.717) is 23.5 Å². The van der Waals surface area contributed by atoms with Crippen LogP contribution in [-0.4, -0.2) is 53.1 Å². The maximum Gasteiger partial charge on any atom is 0.239 e. The van der Waals surface area contributed by atoms with Crippen molar-refractivity contribution in [2.24, 2.45) is 5.14 Å². The molecule has 0 spiro atoms. The highest BCUT2D eigenvalue weighted by atomic mass is 35.5. The summed E-state index contributed by atoms with van der Waals surface area (Å²) in [6.45, 7) is 6.73. The van der Waals surface area contributed by atoms with Crippen molar-refractivity contribution < 1.29 is 22.7 Å². The fourth-order valence-corrected chi connectivity index (χ4v) is 5.32. The van der Waals surface area contributed by atoms with Crippen molar-refractivity contribution in [2.75, 3.05) is 33.9 Å². The van der Waals surface area contributed by atoms with E-state index >= 15 is 0 Å². The summed E-state index contributed by atoms with van der Waals surface area (Å²) in [6, 6.07) is 7.61. The van der Waals surface area contributed by atoms with Gasteiger partial charge in [-0.05, 0) is 67.0 Å². The average Bonchev–Trinajstić information content (AvgIpc) is 2.79. The van der Waals surface area contributed by atoms with Gasteiger partial charge in [-0.1, -0.05) is 31.5 Å². The number of methoxy groups -OCH3 is 2. The second-order valence-electron chi connectivity index (χ2n) is 7.88. The lowest BCUT2D eigenvalue weighted by atomic mass is 9.81. The second kappa shape index (κ2) is 10.3. The first-order chi connectivity index (χ1) is 15.6. The van der Waals surface area contributed by atoms with E-state index in [1.165, 1.54) is 12.1 Å². The first-order valence-electron chi connectivity index (χ1n) is 10.7. The summed E-state index contributed by atoms with van der Waals surface area (Å²) in [5.41, 5.74) is 2.17. The fraction of sp³-hybridized carbons (Fsp3) is 0.435. The molecule has 0 saturated carbocycles. The zero-order valence-corrected chi connectivity index (χ0v) is 20.8. The summed E-state index contributed by atoms with van der Waals surface area (Å²) >= 11 is 6.07. The molecule has 180 valence electrons. The lowest BCUT2D eigenvalue weighted by molar-refractivity contribution is -0.124. The standard InChI is InChI=1S/C23H30ClN3O5S/c1-5-27(6-2)10-9-15-16-12-19(31-3)20(32-4)13-17(16)22(26-23(15)28)14-7-8-18(24)21(11-14)33(25,29)30/h7-8,11-13,15,22H,5-6,9-10H2,1-4H3,(H,26,28)(H2,25,29,30). The fourth-order valence-electron chi connectivity index (χ4n) is 4.24. The number of hydrogen-bond donors (Lipinski definition) is 2. The van der Waals surface area contributed by atoms with Gasteiger partial charge < -0.3 is 19.7 Å². The van der Waals surface area contributed by atoms with Crippen molar-refractivity contribution in [3.63, 3.8) is 0 Å². The molecule has 2 aromatic carbocycles. The van der Waals surface area contributed by atoms with E-state index in [1.54, 1.807) is 20.3 Å². The molecule has 10 heteroatoms. The van der Waals surface area contributed by atoms with Crippen LogP contribution in [0.3, 0.4) is 0 Å². The molecule has 0 bridgehead atoms. The monoisotopic (exact) mass is 495 g/mol. The number of primary sulfonamides is 1. The van der Waals surface area contributed by atoms with Crippen molar-refractivity contribution in [2.45, 2.75) is 37.1 Å². The van der Waals surface area contributed by atoms with Crippen molar-refractivity contribution in [3.05, 3.63) is 52.0 Å². The van der Waals surface area contributed by atoms with E-state index in [0.717, 1.165) is 30.8 Å². The highest BCUT2D eigenvalue weighted by molar-refractivity contribution is 7.89. The molecule has 0 aliphatic carbocycles. The molecule has 2 unspecified atom stereocenters. The van der Waals surface area contributed by atoms with Gasteiger partial charge >= 0.3 is 0 Å². The first-order valence-corrected chi connectivity index (χ1v) is 12.7. The number of amides is 1. The van der Waals surface area contributed by atoms with Crippen molar-refractivity contribution in [1.82, 2.24) is 10.2 Å². The van der Waals surface area contributed by atoms with Gasteiger partial charge in [0.15, 0.2) is 11.5 Å². The molecular weight excluding hydrogens is 466 g/mol. The van der Waals surface area contributed by atoms with Crippen LogP contribution in [0.15, 0.2) is 35.2 Å². The van der Waals surface area contributed by atoms with Crippen LogP contribution < -0.4 is 19.9 Å². The van der Waals surface area contributed by atoms with Gasteiger partial charge in [0.25, 0.3) is 0 Å². The van der Waals surface area contributed by atoms with Gasteiger partial charge in [-0.3, -0.25) is 4.79 Å². The molecule has 2 atom stereocenters. The molecule has 0 saturated heterocycles. The Morgan fingerprint density at radius 2 is 1.67 bits per heavy atom. The summed E-state index contributed by atoms with van der Waals surface area (Å²) in [4.78, 5) is 15.3. The molecule has 3 N–H and O–H groups in total.